The molecule has 0 N–H and O–H groups in total. The molecule has 0 saturated heterocycles. The van der Waals surface area contributed by atoms with Crippen LogP contribution in [0.15, 0.2) is 29.2 Å². The first-order chi connectivity index (χ1) is 9.45. The fourth-order valence-corrected chi connectivity index (χ4v) is 2.30. The van der Waals surface area contributed by atoms with Crippen molar-refractivity contribution >= 4 is 23.6 Å². The quantitative estimate of drug-likeness (QED) is 0.612. The van der Waals surface area contributed by atoms with Gasteiger partial charge >= 0.3 is 5.97 Å². The molecule has 0 aliphatic heterocycles. The van der Waals surface area contributed by atoms with Crippen LogP contribution in [0.5, 0.6) is 0 Å². The number of nitriles is 1. The molecular weight excluding hydrogens is 276 g/mol. The van der Waals surface area contributed by atoms with Gasteiger partial charge in [-0.1, -0.05) is 12.1 Å². The molecule has 1 unspecified atom stereocenters. The molecule has 0 bridgehead atoms. The normalized spacial score (nSPS) is 11.3. The Balaban J connectivity index is 2.81. The number of ether oxygens (including phenoxy) is 1. The second-order valence-electron chi connectivity index (χ2n) is 4.25. The van der Waals surface area contributed by atoms with E-state index in [0.717, 1.165) is 0 Å². The largest absolute Gasteiger partial charge is 0.444 e. The number of amides is 1. The Morgan fingerprint density at radius 3 is 2.65 bits per heavy atom. The molecule has 1 rings (SSSR count). The lowest BCUT2D eigenvalue weighted by atomic mass is 10.2. The van der Waals surface area contributed by atoms with E-state index in [1.807, 2.05) is 6.07 Å². The summed E-state index contributed by atoms with van der Waals surface area (Å²) < 4.78 is 4.97. The molecule has 1 aromatic carbocycles. The second kappa shape index (κ2) is 7.56. The van der Waals surface area contributed by atoms with Crippen LogP contribution >= 0.6 is 11.8 Å². The Kier molecular flexibility index (Phi) is 6.07. The average molecular weight is 292 g/mol. The third-order valence-electron chi connectivity index (χ3n) is 2.42. The van der Waals surface area contributed by atoms with Gasteiger partial charge in [0, 0.05) is 19.0 Å². The van der Waals surface area contributed by atoms with Crippen LogP contribution in [0.4, 0.5) is 0 Å². The van der Waals surface area contributed by atoms with Gasteiger partial charge in [-0.2, -0.15) is 5.26 Å². The van der Waals surface area contributed by atoms with E-state index in [1.54, 1.807) is 38.4 Å². The number of carbonyl (C=O) groups is 2. The van der Waals surface area contributed by atoms with Crippen LogP contribution in [0.2, 0.25) is 0 Å². The van der Waals surface area contributed by atoms with Gasteiger partial charge in [-0.25, -0.2) is 4.79 Å². The van der Waals surface area contributed by atoms with E-state index in [-0.39, 0.29) is 11.7 Å². The average Bonchev–Trinajstić information content (AvgIpc) is 2.44. The molecule has 0 aliphatic rings. The lowest BCUT2D eigenvalue weighted by Crippen LogP contribution is -2.23. The van der Waals surface area contributed by atoms with Crippen molar-refractivity contribution in [2.75, 3.05) is 19.8 Å². The molecule has 20 heavy (non-hydrogen) atoms. The Morgan fingerprint density at radius 2 is 2.05 bits per heavy atom. The predicted octanol–water partition coefficient (Wildman–Crippen LogP) is 1.94. The number of nitrogens with zero attached hydrogens (tertiary/aromatic N) is 2. The minimum Gasteiger partial charge on any atom is -0.444 e. The van der Waals surface area contributed by atoms with Crippen LogP contribution in [0.3, 0.4) is 0 Å². The van der Waals surface area contributed by atoms with E-state index in [0.29, 0.717) is 10.5 Å². The zero-order valence-electron chi connectivity index (χ0n) is 11.6. The zero-order valence-corrected chi connectivity index (χ0v) is 12.4. The highest BCUT2D eigenvalue weighted by Crippen LogP contribution is 2.23. The molecule has 1 aromatic rings. The monoisotopic (exact) mass is 292 g/mol. The summed E-state index contributed by atoms with van der Waals surface area (Å²) in [6.45, 7) is 1.50. The summed E-state index contributed by atoms with van der Waals surface area (Å²) in [7, 11) is 3.36. The molecule has 5 nitrogen and oxygen atoms in total. The number of hydrogen-bond donors (Lipinski definition) is 0. The van der Waals surface area contributed by atoms with Crippen molar-refractivity contribution in [3.05, 3.63) is 29.8 Å². The second-order valence-corrected chi connectivity index (χ2v) is 5.27. The minimum absolute atomic E-state index is 0.0384. The molecule has 0 radical (unpaired) electrons. The molecule has 0 aliphatic carbocycles. The Labute approximate surface area is 122 Å². The topological polar surface area (TPSA) is 70.4 Å². The Morgan fingerprint density at radius 1 is 1.40 bits per heavy atom. The van der Waals surface area contributed by atoms with E-state index >= 15 is 0 Å². The fraction of sp³-hybridized carbons (Fsp3) is 0.357. The highest BCUT2D eigenvalue weighted by Gasteiger charge is 2.16. The van der Waals surface area contributed by atoms with Crippen molar-refractivity contribution in [3.63, 3.8) is 0 Å². The summed E-state index contributed by atoms with van der Waals surface area (Å²) in [6.07, 6.45) is -0.802. The molecule has 0 aromatic heterocycles. The standard InChI is InChI=1S/C14H16N2O3S/c1-10(8-15)19-14(18)11-6-4-5-7-12(11)20-9-13(17)16(2)3/h4-7,10H,9H2,1-3H3. The van der Waals surface area contributed by atoms with Crippen molar-refractivity contribution in [1.82, 2.24) is 4.90 Å². The van der Waals surface area contributed by atoms with Crippen LogP contribution in [-0.2, 0) is 9.53 Å². The van der Waals surface area contributed by atoms with Crippen molar-refractivity contribution in [2.45, 2.75) is 17.9 Å². The summed E-state index contributed by atoms with van der Waals surface area (Å²) >= 11 is 1.27. The first kappa shape index (κ1) is 16.1. The molecule has 1 amide bonds. The molecule has 0 heterocycles. The highest BCUT2D eigenvalue weighted by molar-refractivity contribution is 8.00. The SMILES string of the molecule is CC(C#N)OC(=O)c1ccccc1SCC(=O)N(C)C. The lowest BCUT2D eigenvalue weighted by Gasteiger charge is -2.12. The van der Waals surface area contributed by atoms with E-state index < -0.39 is 12.1 Å². The summed E-state index contributed by atoms with van der Waals surface area (Å²) in [5.74, 6) is -0.353. The molecule has 1 atom stereocenters. The maximum absolute atomic E-state index is 11.9. The maximum Gasteiger partial charge on any atom is 0.340 e. The van der Waals surface area contributed by atoms with E-state index in [4.69, 9.17) is 10.00 Å². The van der Waals surface area contributed by atoms with Crippen molar-refractivity contribution in [1.29, 1.82) is 5.26 Å². The van der Waals surface area contributed by atoms with Gasteiger partial charge in [-0.05, 0) is 19.1 Å². The Bertz CT molecular complexity index is 537. The number of benzene rings is 1. The summed E-state index contributed by atoms with van der Waals surface area (Å²) in [5, 5.41) is 8.65. The number of esters is 1. The van der Waals surface area contributed by atoms with Gasteiger partial charge in [-0.3, -0.25) is 4.79 Å². The smallest absolute Gasteiger partial charge is 0.340 e. The van der Waals surface area contributed by atoms with Gasteiger partial charge in [0.1, 0.15) is 6.07 Å². The first-order valence-electron chi connectivity index (χ1n) is 5.98. The molecule has 0 spiro atoms. The molecule has 106 valence electrons. The molecule has 0 saturated carbocycles. The van der Waals surface area contributed by atoms with Crippen molar-refractivity contribution < 1.29 is 14.3 Å². The predicted molar refractivity (Wildman–Crippen MR) is 76.4 cm³/mol. The van der Waals surface area contributed by atoms with Gasteiger partial charge in [0.25, 0.3) is 0 Å². The first-order valence-corrected chi connectivity index (χ1v) is 6.97. The minimum atomic E-state index is -0.802. The third-order valence-corrected chi connectivity index (χ3v) is 3.48. The van der Waals surface area contributed by atoms with Gasteiger partial charge < -0.3 is 9.64 Å². The third kappa shape index (κ3) is 4.59. The summed E-state index contributed by atoms with van der Waals surface area (Å²) in [4.78, 5) is 25.7. The molecule has 0 fully saturated rings. The zero-order chi connectivity index (χ0) is 15.1. The lowest BCUT2D eigenvalue weighted by molar-refractivity contribution is -0.125. The summed E-state index contributed by atoms with van der Waals surface area (Å²) in [6, 6.07) is 8.71. The number of rotatable bonds is 5. The van der Waals surface area contributed by atoms with Crippen molar-refractivity contribution in [2.24, 2.45) is 0 Å². The van der Waals surface area contributed by atoms with Crippen LogP contribution in [0.25, 0.3) is 0 Å². The fourth-order valence-electron chi connectivity index (χ4n) is 1.28. The number of hydrogen-bond acceptors (Lipinski definition) is 5. The van der Waals surface area contributed by atoms with Crippen LogP contribution in [0.1, 0.15) is 17.3 Å². The van der Waals surface area contributed by atoms with Crippen LogP contribution in [-0.4, -0.2) is 42.7 Å². The van der Waals surface area contributed by atoms with Gasteiger partial charge in [0.2, 0.25) is 5.91 Å². The molecular formula is C14H16N2O3S. The van der Waals surface area contributed by atoms with Crippen LogP contribution < -0.4 is 0 Å². The molecule has 6 heteroatoms. The van der Waals surface area contributed by atoms with E-state index in [9.17, 15) is 9.59 Å². The number of carbonyl (C=O) groups excluding carboxylic acids is 2. The van der Waals surface area contributed by atoms with Gasteiger partial charge in [0.15, 0.2) is 6.10 Å². The number of thioether (sulfide) groups is 1. The Hall–Kier alpha value is -2.00. The van der Waals surface area contributed by atoms with Gasteiger partial charge in [0.05, 0.1) is 11.3 Å². The van der Waals surface area contributed by atoms with E-state index in [2.05, 4.69) is 0 Å². The maximum atomic E-state index is 11.9. The van der Waals surface area contributed by atoms with Crippen molar-refractivity contribution in [3.8, 4) is 6.07 Å². The van der Waals surface area contributed by atoms with Gasteiger partial charge in [-0.15, -0.1) is 11.8 Å². The summed E-state index contributed by atoms with van der Waals surface area (Å²) in [5.41, 5.74) is 0.367. The highest BCUT2D eigenvalue weighted by atomic mass is 32.2. The van der Waals surface area contributed by atoms with E-state index in [1.165, 1.54) is 23.6 Å². The van der Waals surface area contributed by atoms with Crippen LogP contribution in [0, 0.1) is 11.3 Å².